The number of hydrogen-bond acceptors (Lipinski definition) is 2. The third-order valence-electron chi connectivity index (χ3n) is 3.35. The van der Waals surface area contributed by atoms with Gasteiger partial charge in [-0.05, 0) is 41.8 Å². The molecule has 1 nitrogen and oxygen atoms in total. The largest absolute Gasteiger partial charge is 0.489 e. The van der Waals surface area contributed by atoms with Crippen molar-refractivity contribution < 1.29 is 4.74 Å². The van der Waals surface area contributed by atoms with E-state index < -0.39 is 0 Å². The van der Waals surface area contributed by atoms with Crippen LogP contribution in [0.15, 0.2) is 47.8 Å². The van der Waals surface area contributed by atoms with Crippen LogP contribution in [0.25, 0.3) is 10.1 Å². The molecule has 1 heterocycles. The molecule has 0 atom stereocenters. The molecule has 96 valence electrons. The lowest BCUT2D eigenvalue weighted by atomic mass is 10.1. The van der Waals surface area contributed by atoms with Gasteiger partial charge in [0, 0.05) is 10.3 Å². The Morgan fingerprint density at radius 2 is 1.74 bits per heavy atom. The molecule has 0 radical (unpaired) electrons. The van der Waals surface area contributed by atoms with Crippen LogP contribution in [-0.4, -0.2) is 0 Å². The van der Waals surface area contributed by atoms with Gasteiger partial charge in [0.05, 0.1) is 0 Å². The zero-order chi connectivity index (χ0) is 13.2. The number of ether oxygens (including phenoxy) is 1. The number of rotatable bonds is 3. The van der Waals surface area contributed by atoms with Gasteiger partial charge < -0.3 is 4.74 Å². The number of aryl methyl sites for hydroxylation is 2. The molecule has 0 unspecified atom stereocenters. The minimum absolute atomic E-state index is 0.633. The van der Waals surface area contributed by atoms with Crippen LogP contribution < -0.4 is 4.74 Å². The molecule has 0 fully saturated rings. The van der Waals surface area contributed by atoms with Gasteiger partial charge in [-0.25, -0.2) is 0 Å². The quantitative estimate of drug-likeness (QED) is 0.642. The van der Waals surface area contributed by atoms with E-state index in [0.717, 1.165) is 5.75 Å². The van der Waals surface area contributed by atoms with Crippen molar-refractivity contribution in [2.75, 3.05) is 0 Å². The van der Waals surface area contributed by atoms with Crippen LogP contribution >= 0.6 is 11.3 Å². The summed E-state index contributed by atoms with van der Waals surface area (Å²) in [6.45, 7) is 4.87. The topological polar surface area (TPSA) is 9.23 Å². The molecule has 19 heavy (non-hydrogen) atoms. The van der Waals surface area contributed by atoms with E-state index in [2.05, 4.69) is 43.5 Å². The first-order valence-corrected chi connectivity index (χ1v) is 7.28. The number of hydrogen-bond donors (Lipinski definition) is 0. The number of para-hydroxylation sites is 1. The average molecular weight is 268 g/mol. The summed E-state index contributed by atoms with van der Waals surface area (Å²) in [5.74, 6) is 0.967. The Labute approximate surface area is 117 Å². The van der Waals surface area contributed by atoms with E-state index in [1.54, 1.807) is 11.3 Å². The fourth-order valence-electron chi connectivity index (χ4n) is 2.24. The van der Waals surface area contributed by atoms with Crippen molar-refractivity contribution in [2.45, 2.75) is 20.5 Å². The molecule has 0 N–H and O–H groups in total. The fraction of sp³-hybridized carbons (Fsp3) is 0.176. The summed E-state index contributed by atoms with van der Waals surface area (Å²) < 4.78 is 7.30. The molecule has 2 aromatic carbocycles. The van der Waals surface area contributed by atoms with E-state index in [-0.39, 0.29) is 0 Å². The Balaban J connectivity index is 1.87. The number of fused-ring (bicyclic) bond motifs is 1. The minimum Gasteiger partial charge on any atom is -0.489 e. The van der Waals surface area contributed by atoms with Gasteiger partial charge in [0.1, 0.15) is 12.4 Å². The third-order valence-corrected chi connectivity index (χ3v) is 4.53. The van der Waals surface area contributed by atoms with Crippen LogP contribution in [0.4, 0.5) is 0 Å². The molecular weight excluding hydrogens is 252 g/mol. The Hall–Kier alpha value is -1.80. The third kappa shape index (κ3) is 2.36. The van der Waals surface area contributed by atoms with E-state index in [1.807, 2.05) is 18.2 Å². The highest BCUT2D eigenvalue weighted by Gasteiger charge is 2.07. The smallest absolute Gasteiger partial charge is 0.122 e. The molecule has 3 rings (SSSR count). The summed E-state index contributed by atoms with van der Waals surface area (Å²) in [7, 11) is 0. The zero-order valence-corrected chi connectivity index (χ0v) is 12.0. The van der Waals surface area contributed by atoms with Crippen LogP contribution in [0.5, 0.6) is 5.75 Å². The highest BCUT2D eigenvalue weighted by molar-refractivity contribution is 7.17. The Kier molecular flexibility index (Phi) is 3.26. The van der Waals surface area contributed by atoms with Gasteiger partial charge in [-0.3, -0.25) is 0 Å². The van der Waals surface area contributed by atoms with Gasteiger partial charge in [0.15, 0.2) is 0 Å². The van der Waals surface area contributed by atoms with Crippen LogP contribution in [0.3, 0.4) is 0 Å². The van der Waals surface area contributed by atoms with E-state index in [1.165, 1.54) is 26.8 Å². The zero-order valence-electron chi connectivity index (χ0n) is 11.1. The van der Waals surface area contributed by atoms with Crippen molar-refractivity contribution in [3.05, 3.63) is 64.5 Å². The molecule has 0 saturated heterocycles. The molecule has 0 saturated carbocycles. The molecule has 2 heteroatoms. The second-order valence-corrected chi connectivity index (χ2v) is 5.65. The maximum Gasteiger partial charge on any atom is 0.122 e. The molecule has 0 spiro atoms. The van der Waals surface area contributed by atoms with Gasteiger partial charge >= 0.3 is 0 Å². The summed E-state index contributed by atoms with van der Waals surface area (Å²) in [6, 6.07) is 14.6. The predicted octanol–water partition coefficient (Wildman–Crippen LogP) is 5.10. The minimum atomic E-state index is 0.633. The monoisotopic (exact) mass is 268 g/mol. The Morgan fingerprint density at radius 3 is 2.58 bits per heavy atom. The van der Waals surface area contributed by atoms with Gasteiger partial charge in [-0.15, -0.1) is 11.3 Å². The first-order chi connectivity index (χ1) is 9.25. The maximum atomic E-state index is 5.94. The highest BCUT2D eigenvalue weighted by atomic mass is 32.1. The van der Waals surface area contributed by atoms with Crippen molar-refractivity contribution in [1.29, 1.82) is 0 Å². The van der Waals surface area contributed by atoms with Crippen LogP contribution in [0.1, 0.15) is 16.7 Å². The van der Waals surface area contributed by atoms with Gasteiger partial charge in [0.2, 0.25) is 0 Å². The van der Waals surface area contributed by atoms with Crippen molar-refractivity contribution in [3.8, 4) is 5.75 Å². The predicted molar refractivity (Wildman–Crippen MR) is 82.1 cm³/mol. The standard InChI is InChI=1S/C17H16OS/c1-12-6-3-4-9-16(12)18-10-14-11-19-17-13(2)7-5-8-15(14)17/h3-9,11H,10H2,1-2H3. The lowest BCUT2D eigenvalue weighted by Crippen LogP contribution is -1.95. The van der Waals surface area contributed by atoms with Crippen molar-refractivity contribution in [3.63, 3.8) is 0 Å². The van der Waals surface area contributed by atoms with Gasteiger partial charge in [0.25, 0.3) is 0 Å². The first-order valence-electron chi connectivity index (χ1n) is 6.40. The average Bonchev–Trinajstić information content (AvgIpc) is 2.83. The summed E-state index contributed by atoms with van der Waals surface area (Å²) in [5, 5.41) is 3.52. The molecule has 0 aliphatic rings. The number of thiophene rings is 1. The van der Waals surface area contributed by atoms with E-state index in [0.29, 0.717) is 6.61 Å². The lowest BCUT2D eigenvalue weighted by molar-refractivity contribution is 0.306. The SMILES string of the molecule is Cc1ccccc1OCc1csc2c(C)cccc12. The van der Waals surface area contributed by atoms with E-state index in [4.69, 9.17) is 4.74 Å². The molecule has 0 aliphatic carbocycles. The summed E-state index contributed by atoms with van der Waals surface area (Å²) >= 11 is 1.80. The molecule has 0 aliphatic heterocycles. The summed E-state index contributed by atoms with van der Waals surface area (Å²) in [4.78, 5) is 0. The first kappa shape index (κ1) is 12.2. The van der Waals surface area contributed by atoms with Crippen molar-refractivity contribution in [1.82, 2.24) is 0 Å². The van der Waals surface area contributed by atoms with Crippen molar-refractivity contribution in [2.24, 2.45) is 0 Å². The van der Waals surface area contributed by atoms with Gasteiger partial charge in [-0.1, -0.05) is 36.4 Å². The molecule has 0 bridgehead atoms. The fourth-order valence-corrected chi connectivity index (χ4v) is 3.28. The molecule has 0 amide bonds. The second-order valence-electron chi connectivity index (χ2n) is 4.77. The van der Waals surface area contributed by atoms with E-state index in [9.17, 15) is 0 Å². The highest BCUT2D eigenvalue weighted by Crippen LogP contribution is 2.29. The molecule has 1 aromatic heterocycles. The Morgan fingerprint density at radius 1 is 0.947 bits per heavy atom. The molecular formula is C17H16OS. The van der Waals surface area contributed by atoms with Crippen LogP contribution in [-0.2, 0) is 6.61 Å². The second kappa shape index (κ2) is 5.06. The van der Waals surface area contributed by atoms with Crippen molar-refractivity contribution >= 4 is 21.4 Å². The number of benzene rings is 2. The maximum absolute atomic E-state index is 5.94. The summed E-state index contributed by atoms with van der Waals surface area (Å²) in [5.41, 5.74) is 3.79. The Bertz CT molecular complexity index is 712. The normalized spacial score (nSPS) is 10.8. The van der Waals surface area contributed by atoms with Crippen LogP contribution in [0, 0.1) is 13.8 Å². The summed E-state index contributed by atoms with van der Waals surface area (Å²) in [6.07, 6.45) is 0. The molecule has 3 aromatic rings. The lowest BCUT2D eigenvalue weighted by Gasteiger charge is -2.08. The van der Waals surface area contributed by atoms with Gasteiger partial charge in [-0.2, -0.15) is 0 Å². The van der Waals surface area contributed by atoms with Crippen LogP contribution in [0.2, 0.25) is 0 Å². The van der Waals surface area contributed by atoms with E-state index >= 15 is 0 Å².